The van der Waals surface area contributed by atoms with Crippen LogP contribution in [0.4, 0.5) is 0 Å². The highest BCUT2D eigenvalue weighted by Crippen LogP contribution is 2.41. The van der Waals surface area contributed by atoms with E-state index in [0.29, 0.717) is 12.5 Å². The Hall–Kier alpha value is -0.870. The van der Waals surface area contributed by atoms with Gasteiger partial charge in [-0.1, -0.05) is 6.42 Å². The van der Waals surface area contributed by atoms with Crippen molar-refractivity contribution in [2.24, 2.45) is 5.73 Å². The predicted octanol–water partition coefficient (Wildman–Crippen LogP) is 1.68. The topological polar surface area (TPSA) is 63.9 Å². The molecule has 2 aliphatic rings. The Labute approximate surface area is 102 Å². The smallest absolute Gasteiger partial charge is 0.113 e. The fourth-order valence-corrected chi connectivity index (χ4v) is 2.96. The van der Waals surface area contributed by atoms with Crippen molar-refractivity contribution in [1.29, 1.82) is 0 Å². The van der Waals surface area contributed by atoms with Gasteiger partial charge in [0.25, 0.3) is 0 Å². The average Bonchev–Trinajstić information content (AvgIpc) is 2.80. The van der Waals surface area contributed by atoms with Crippen LogP contribution in [0, 0.1) is 0 Å². The molecule has 0 spiro atoms. The van der Waals surface area contributed by atoms with Crippen LogP contribution in [0.3, 0.4) is 0 Å². The number of aromatic amines is 1. The van der Waals surface area contributed by atoms with Crippen LogP contribution in [0.5, 0.6) is 0 Å². The summed E-state index contributed by atoms with van der Waals surface area (Å²) in [6, 6.07) is 0. The number of nitrogens with two attached hydrogens (primary N) is 1. The van der Waals surface area contributed by atoms with Crippen LogP contribution in [0.15, 0.2) is 6.20 Å². The van der Waals surface area contributed by atoms with Gasteiger partial charge in [-0.2, -0.15) is 0 Å². The van der Waals surface area contributed by atoms with Gasteiger partial charge in [0.2, 0.25) is 0 Å². The van der Waals surface area contributed by atoms with Crippen molar-refractivity contribution in [2.75, 3.05) is 19.8 Å². The molecule has 0 radical (unpaired) electrons. The minimum absolute atomic E-state index is 0.156. The molecule has 0 atom stereocenters. The summed E-state index contributed by atoms with van der Waals surface area (Å²) in [5.74, 6) is 1.72. The maximum absolute atomic E-state index is 5.91. The molecule has 3 N–H and O–H groups in total. The van der Waals surface area contributed by atoms with Crippen molar-refractivity contribution in [3.63, 3.8) is 0 Å². The Balaban J connectivity index is 1.77. The van der Waals surface area contributed by atoms with Crippen LogP contribution in [0.25, 0.3) is 0 Å². The number of H-pyrrole nitrogens is 1. The zero-order valence-corrected chi connectivity index (χ0v) is 10.2. The van der Waals surface area contributed by atoms with Crippen LogP contribution < -0.4 is 5.73 Å². The summed E-state index contributed by atoms with van der Waals surface area (Å²) in [7, 11) is 0. The van der Waals surface area contributed by atoms with Gasteiger partial charge in [-0.25, -0.2) is 4.98 Å². The summed E-state index contributed by atoms with van der Waals surface area (Å²) < 4.78 is 5.39. The van der Waals surface area contributed by atoms with E-state index < -0.39 is 0 Å². The molecule has 2 heterocycles. The lowest BCUT2D eigenvalue weighted by Crippen LogP contribution is -2.42. The minimum atomic E-state index is 0.156. The lowest BCUT2D eigenvalue weighted by molar-refractivity contribution is 0.0845. The molecule has 1 aromatic rings. The number of ether oxygens (including phenoxy) is 1. The van der Waals surface area contributed by atoms with Gasteiger partial charge in [0.1, 0.15) is 5.82 Å². The molecule has 1 saturated heterocycles. The molecule has 1 saturated carbocycles. The summed E-state index contributed by atoms with van der Waals surface area (Å²) in [5, 5.41) is 0. The molecule has 0 aromatic carbocycles. The van der Waals surface area contributed by atoms with Gasteiger partial charge in [0, 0.05) is 43.0 Å². The van der Waals surface area contributed by atoms with Gasteiger partial charge in [-0.3, -0.25) is 0 Å². The summed E-state index contributed by atoms with van der Waals surface area (Å²) in [4.78, 5) is 8.11. The first kappa shape index (κ1) is 11.2. The highest BCUT2D eigenvalue weighted by atomic mass is 16.5. The minimum Gasteiger partial charge on any atom is -0.381 e. The van der Waals surface area contributed by atoms with E-state index in [2.05, 4.69) is 9.97 Å². The number of nitrogens with one attached hydrogen (secondary N) is 1. The Morgan fingerprint density at radius 2 is 2.18 bits per heavy atom. The lowest BCUT2D eigenvalue weighted by atomic mass is 9.68. The molecule has 4 nitrogen and oxygen atoms in total. The molecule has 0 unspecified atom stereocenters. The third kappa shape index (κ3) is 1.89. The lowest BCUT2D eigenvalue weighted by Gasteiger charge is -2.39. The summed E-state index contributed by atoms with van der Waals surface area (Å²) in [6.45, 7) is 2.47. The molecule has 3 rings (SSSR count). The number of rotatable bonds is 3. The van der Waals surface area contributed by atoms with Gasteiger partial charge >= 0.3 is 0 Å². The van der Waals surface area contributed by atoms with E-state index in [0.717, 1.165) is 31.9 Å². The van der Waals surface area contributed by atoms with E-state index in [1.807, 2.05) is 6.20 Å². The predicted molar refractivity (Wildman–Crippen MR) is 66.0 cm³/mol. The van der Waals surface area contributed by atoms with Gasteiger partial charge < -0.3 is 15.5 Å². The molecule has 17 heavy (non-hydrogen) atoms. The third-order valence-electron chi connectivity index (χ3n) is 4.46. The van der Waals surface area contributed by atoms with E-state index >= 15 is 0 Å². The van der Waals surface area contributed by atoms with Crippen LogP contribution in [0.1, 0.15) is 49.5 Å². The zero-order valence-electron chi connectivity index (χ0n) is 10.2. The van der Waals surface area contributed by atoms with Gasteiger partial charge in [-0.05, 0) is 25.7 Å². The van der Waals surface area contributed by atoms with Crippen LogP contribution >= 0.6 is 0 Å². The molecule has 0 amide bonds. The van der Waals surface area contributed by atoms with Crippen molar-refractivity contribution < 1.29 is 4.74 Å². The van der Waals surface area contributed by atoms with E-state index in [1.54, 1.807) is 0 Å². The zero-order chi connectivity index (χ0) is 11.7. The SMILES string of the molecule is NCC1(c2ncc(C3CCOCC3)[nH]2)CCC1. The standard InChI is InChI=1S/C13H21N3O/c14-9-13(4-1-5-13)12-15-8-11(16-12)10-2-6-17-7-3-10/h8,10H,1-7,9,14H2,(H,15,16). The molecule has 94 valence electrons. The second-order valence-electron chi connectivity index (χ2n) is 5.41. The number of nitrogens with zero attached hydrogens (tertiary/aromatic N) is 1. The molecule has 2 fully saturated rings. The first-order valence-corrected chi connectivity index (χ1v) is 6.67. The van der Waals surface area contributed by atoms with E-state index in [4.69, 9.17) is 10.5 Å². The highest BCUT2D eigenvalue weighted by Gasteiger charge is 2.40. The van der Waals surface area contributed by atoms with Gasteiger partial charge in [0.15, 0.2) is 0 Å². The Kier molecular flexibility index (Phi) is 2.92. The summed E-state index contributed by atoms with van der Waals surface area (Å²) in [5.41, 5.74) is 7.35. The van der Waals surface area contributed by atoms with Gasteiger partial charge in [0.05, 0.1) is 0 Å². The van der Waals surface area contributed by atoms with Crippen molar-refractivity contribution in [3.8, 4) is 0 Å². The second kappa shape index (κ2) is 4.42. The molecular weight excluding hydrogens is 214 g/mol. The number of aromatic nitrogens is 2. The van der Waals surface area contributed by atoms with Crippen LogP contribution in [0.2, 0.25) is 0 Å². The Morgan fingerprint density at radius 3 is 2.76 bits per heavy atom. The van der Waals surface area contributed by atoms with E-state index in [1.165, 1.54) is 25.0 Å². The van der Waals surface area contributed by atoms with E-state index in [9.17, 15) is 0 Å². The Bertz CT molecular complexity index is 372. The number of hydrogen-bond donors (Lipinski definition) is 2. The van der Waals surface area contributed by atoms with Crippen molar-refractivity contribution in [2.45, 2.75) is 43.4 Å². The molecule has 0 bridgehead atoms. The first-order chi connectivity index (χ1) is 8.34. The quantitative estimate of drug-likeness (QED) is 0.838. The average molecular weight is 235 g/mol. The first-order valence-electron chi connectivity index (χ1n) is 6.67. The molecule has 4 heteroatoms. The van der Waals surface area contributed by atoms with Crippen molar-refractivity contribution in [1.82, 2.24) is 9.97 Å². The van der Waals surface area contributed by atoms with Crippen LogP contribution in [-0.4, -0.2) is 29.7 Å². The Morgan fingerprint density at radius 1 is 1.41 bits per heavy atom. The maximum Gasteiger partial charge on any atom is 0.113 e. The molecule has 1 aliphatic heterocycles. The maximum atomic E-state index is 5.91. The van der Waals surface area contributed by atoms with Crippen molar-refractivity contribution >= 4 is 0 Å². The fraction of sp³-hybridized carbons (Fsp3) is 0.769. The van der Waals surface area contributed by atoms with Crippen molar-refractivity contribution in [3.05, 3.63) is 17.7 Å². The number of imidazole rings is 1. The molecule has 1 aliphatic carbocycles. The molecule has 1 aromatic heterocycles. The fourth-order valence-electron chi connectivity index (χ4n) is 2.96. The number of hydrogen-bond acceptors (Lipinski definition) is 3. The summed E-state index contributed by atoms with van der Waals surface area (Å²) >= 11 is 0. The monoisotopic (exact) mass is 235 g/mol. The normalized spacial score (nSPS) is 24.5. The third-order valence-corrected chi connectivity index (χ3v) is 4.46. The van der Waals surface area contributed by atoms with Crippen LogP contribution in [-0.2, 0) is 10.2 Å². The highest BCUT2D eigenvalue weighted by molar-refractivity contribution is 5.19. The van der Waals surface area contributed by atoms with E-state index in [-0.39, 0.29) is 5.41 Å². The second-order valence-corrected chi connectivity index (χ2v) is 5.41. The largest absolute Gasteiger partial charge is 0.381 e. The summed E-state index contributed by atoms with van der Waals surface area (Å²) in [6.07, 6.45) is 7.88. The molecular formula is C13H21N3O. The van der Waals surface area contributed by atoms with Gasteiger partial charge in [-0.15, -0.1) is 0 Å².